The summed E-state index contributed by atoms with van der Waals surface area (Å²) in [6.45, 7) is 0.00855. The fourth-order valence-electron chi connectivity index (χ4n) is 1.18. The largest absolute Gasteiger partial charge is 0.480 e. The summed E-state index contributed by atoms with van der Waals surface area (Å²) in [5.41, 5.74) is 1.03. The van der Waals surface area contributed by atoms with E-state index in [4.69, 9.17) is 9.84 Å². The number of carbonyl (C=O) groups is 1. The van der Waals surface area contributed by atoms with E-state index in [0.29, 0.717) is 6.42 Å². The Labute approximate surface area is 87.7 Å². The smallest absolute Gasteiger partial charge is 0.343 e. The van der Waals surface area contributed by atoms with Gasteiger partial charge in [-0.3, -0.25) is 0 Å². The maximum absolute atomic E-state index is 11.3. The number of nitrogens with zero attached hydrogens (tertiary/aromatic N) is 1. The number of aromatic nitrogens is 1. The summed E-state index contributed by atoms with van der Waals surface area (Å²) >= 11 is 0. The van der Waals surface area contributed by atoms with Gasteiger partial charge in [-0.25, -0.2) is 9.78 Å². The van der Waals surface area contributed by atoms with Crippen molar-refractivity contribution in [3.05, 3.63) is 23.4 Å². The van der Waals surface area contributed by atoms with Crippen molar-refractivity contribution in [2.45, 2.75) is 6.42 Å². The average Bonchev–Trinajstić information content (AvgIpc) is 2.28. The molecule has 15 heavy (non-hydrogen) atoms. The molecule has 0 bridgehead atoms. The molecule has 82 valence electrons. The van der Waals surface area contributed by atoms with Crippen molar-refractivity contribution in [1.82, 2.24) is 4.98 Å². The van der Waals surface area contributed by atoms with Gasteiger partial charge in [0.05, 0.1) is 14.2 Å². The number of aliphatic hydroxyl groups is 1. The van der Waals surface area contributed by atoms with Crippen molar-refractivity contribution >= 4 is 5.97 Å². The molecule has 1 N–H and O–H groups in total. The van der Waals surface area contributed by atoms with Crippen molar-refractivity contribution in [2.24, 2.45) is 0 Å². The van der Waals surface area contributed by atoms with Crippen LogP contribution in [0, 0.1) is 0 Å². The average molecular weight is 211 g/mol. The molecule has 0 aliphatic carbocycles. The van der Waals surface area contributed by atoms with Crippen LogP contribution in [0.25, 0.3) is 0 Å². The highest BCUT2D eigenvalue weighted by molar-refractivity contribution is 5.91. The van der Waals surface area contributed by atoms with Crippen molar-refractivity contribution in [3.63, 3.8) is 0 Å². The quantitative estimate of drug-likeness (QED) is 0.730. The van der Waals surface area contributed by atoms with Gasteiger partial charge in [0, 0.05) is 12.8 Å². The number of carbonyl (C=O) groups excluding carboxylic acids is 1. The van der Waals surface area contributed by atoms with E-state index in [9.17, 15) is 4.79 Å². The molecule has 0 fully saturated rings. The van der Waals surface area contributed by atoms with E-state index in [2.05, 4.69) is 9.72 Å². The molecular weight excluding hydrogens is 198 g/mol. The van der Waals surface area contributed by atoms with E-state index in [1.54, 1.807) is 12.3 Å². The van der Waals surface area contributed by atoms with E-state index in [1.165, 1.54) is 14.2 Å². The lowest BCUT2D eigenvalue weighted by Crippen LogP contribution is -2.07. The highest BCUT2D eigenvalue weighted by Crippen LogP contribution is 2.17. The summed E-state index contributed by atoms with van der Waals surface area (Å²) in [5.74, 6) is -0.275. The molecular formula is C10H13NO4. The number of rotatable bonds is 4. The summed E-state index contributed by atoms with van der Waals surface area (Å²) in [4.78, 5) is 15.3. The van der Waals surface area contributed by atoms with E-state index in [0.717, 1.165) is 5.56 Å². The van der Waals surface area contributed by atoms with E-state index >= 15 is 0 Å². The number of ether oxygens (including phenoxy) is 2. The summed E-state index contributed by atoms with van der Waals surface area (Å²) in [5, 5.41) is 8.76. The molecule has 5 heteroatoms. The molecule has 0 radical (unpaired) electrons. The zero-order valence-corrected chi connectivity index (χ0v) is 8.69. The third-order valence-corrected chi connectivity index (χ3v) is 1.91. The lowest BCUT2D eigenvalue weighted by molar-refractivity contribution is 0.0596. The van der Waals surface area contributed by atoms with Crippen LogP contribution in [0.5, 0.6) is 5.88 Å². The fraction of sp³-hybridized carbons (Fsp3) is 0.400. The number of methoxy groups -OCH3 is 2. The van der Waals surface area contributed by atoms with Crippen molar-refractivity contribution in [3.8, 4) is 5.88 Å². The summed E-state index contributed by atoms with van der Waals surface area (Å²) in [6, 6.07) is 1.61. The summed E-state index contributed by atoms with van der Waals surface area (Å²) in [7, 11) is 2.72. The lowest BCUT2D eigenvalue weighted by Gasteiger charge is -2.07. The van der Waals surface area contributed by atoms with Gasteiger partial charge in [0.15, 0.2) is 0 Å². The zero-order chi connectivity index (χ0) is 11.3. The van der Waals surface area contributed by atoms with E-state index in [1.807, 2.05) is 0 Å². The third-order valence-electron chi connectivity index (χ3n) is 1.91. The zero-order valence-electron chi connectivity index (χ0n) is 8.69. The van der Waals surface area contributed by atoms with E-state index in [-0.39, 0.29) is 18.1 Å². The number of hydrogen-bond acceptors (Lipinski definition) is 5. The van der Waals surface area contributed by atoms with Crippen LogP contribution in [0.1, 0.15) is 15.9 Å². The molecule has 1 aromatic rings. The highest BCUT2D eigenvalue weighted by atomic mass is 16.5. The molecule has 0 aromatic carbocycles. The lowest BCUT2D eigenvalue weighted by atomic mass is 10.1. The third kappa shape index (κ3) is 2.66. The Kier molecular flexibility index (Phi) is 4.05. The number of pyridine rings is 1. The first-order valence-corrected chi connectivity index (χ1v) is 4.45. The van der Waals surface area contributed by atoms with Crippen LogP contribution >= 0.6 is 0 Å². The molecule has 1 heterocycles. The van der Waals surface area contributed by atoms with Gasteiger partial charge in [-0.2, -0.15) is 0 Å². The first kappa shape index (κ1) is 11.5. The van der Waals surface area contributed by atoms with Crippen LogP contribution in [-0.2, 0) is 11.2 Å². The minimum absolute atomic E-state index is 0.00855. The summed E-state index contributed by atoms with van der Waals surface area (Å²) in [6.07, 6.45) is 2.00. The van der Waals surface area contributed by atoms with Crippen LogP contribution in [0.2, 0.25) is 0 Å². The molecule has 0 saturated carbocycles. The second-order valence-corrected chi connectivity index (χ2v) is 2.87. The van der Waals surface area contributed by atoms with Crippen molar-refractivity contribution < 1.29 is 19.4 Å². The predicted octanol–water partition coefficient (Wildman–Crippen LogP) is 0.412. The van der Waals surface area contributed by atoms with Gasteiger partial charge >= 0.3 is 5.97 Å². The van der Waals surface area contributed by atoms with Gasteiger partial charge in [0.25, 0.3) is 0 Å². The summed E-state index contributed by atoms with van der Waals surface area (Å²) < 4.78 is 9.52. The van der Waals surface area contributed by atoms with Gasteiger partial charge in [-0.05, 0) is 18.1 Å². The molecule has 1 rings (SSSR count). The van der Waals surface area contributed by atoms with Gasteiger partial charge in [0.1, 0.15) is 5.56 Å². The molecule has 0 saturated heterocycles. The molecule has 0 aliphatic rings. The first-order valence-electron chi connectivity index (χ1n) is 4.45. The number of esters is 1. The molecule has 0 aliphatic heterocycles. The normalized spacial score (nSPS) is 9.80. The topological polar surface area (TPSA) is 68.7 Å². The second-order valence-electron chi connectivity index (χ2n) is 2.87. The Bertz CT molecular complexity index is 351. The monoisotopic (exact) mass is 211 g/mol. The maximum atomic E-state index is 11.3. The Hall–Kier alpha value is -1.62. The minimum atomic E-state index is -0.501. The van der Waals surface area contributed by atoms with E-state index < -0.39 is 5.97 Å². The maximum Gasteiger partial charge on any atom is 0.343 e. The molecule has 1 aromatic heterocycles. The number of hydrogen-bond donors (Lipinski definition) is 1. The van der Waals surface area contributed by atoms with Crippen LogP contribution in [0.15, 0.2) is 12.3 Å². The first-order chi connectivity index (χ1) is 7.22. The van der Waals surface area contributed by atoms with Crippen LogP contribution in [0.3, 0.4) is 0 Å². The number of aliphatic hydroxyl groups excluding tert-OH is 1. The van der Waals surface area contributed by atoms with Gasteiger partial charge in [-0.15, -0.1) is 0 Å². The van der Waals surface area contributed by atoms with Crippen molar-refractivity contribution in [1.29, 1.82) is 0 Å². The molecule has 0 atom stereocenters. The molecule has 0 unspecified atom stereocenters. The van der Waals surface area contributed by atoms with Crippen LogP contribution < -0.4 is 4.74 Å². The highest BCUT2D eigenvalue weighted by Gasteiger charge is 2.14. The van der Waals surface area contributed by atoms with Gasteiger partial charge in [-0.1, -0.05) is 0 Å². The molecule has 0 spiro atoms. The van der Waals surface area contributed by atoms with Crippen molar-refractivity contribution in [2.75, 3.05) is 20.8 Å². The fourth-order valence-corrected chi connectivity index (χ4v) is 1.18. The Morgan fingerprint density at radius 1 is 1.53 bits per heavy atom. The van der Waals surface area contributed by atoms with Gasteiger partial charge < -0.3 is 14.6 Å². The predicted molar refractivity (Wildman–Crippen MR) is 52.9 cm³/mol. The standard InChI is InChI=1S/C10H13NO4/c1-14-9-8(10(13)15-2)5-7(3-4-12)6-11-9/h5-6,12H,3-4H2,1-2H3. The molecule has 0 amide bonds. The molecule has 5 nitrogen and oxygen atoms in total. The minimum Gasteiger partial charge on any atom is -0.480 e. The second kappa shape index (κ2) is 5.31. The van der Waals surface area contributed by atoms with Crippen LogP contribution in [-0.4, -0.2) is 36.9 Å². The SMILES string of the molecule is COC(=O)c1cc(CCO)cnc1OC. The Balaban J connectivity index is 3.07. The Morgan fingerprint density at radius 3 is 2.80 bits per heavy atom. The Morgan fingerprint density at radius 2 is 2.27 bits per heavy atom. The van der Waals surface area contributed by atoms with Gasteiger partial charge in [0.2, 0.25) is 5.88 Å². The van der Waals surface area contributed by atoms with Crippen LogP contribution in [0.4, 0.5) is 0 Å².